The fourth-order valence-electron chi connectivity index (χ4n) is 2.55. The molecule has 1 aliphatic heterocycles. The van der Waals surface area contributed by atoms with E-state index in [1.54, 1.807) is 10.7 Å². The Hall–Kier alpha value is -1.88. The van der Waals surface area contributed by atoms with E-state index in [0.29, 0.717) is 5.56 Å². The number of nitrogens with zero attached hydrogens (tertiary/aromatic N) is 2. The molecule has 1 amide bonds. The van der Waals surface area contributed by atoms with Crippen molar-refractivity contribution < 1.29 is 4.79 Å². The van der Waals surface area contributed by atoms with Crippen molar-refractivity contribution in [2.75, 3.05) is 13.1 Å². The maximum atomic E-state index is 12.4. The number of aromatic nitrogens is 2. The van der Waals surface area contributed by atoms with E-state index >= 15 is 0 Å². The number of carbonyl (C=O) groups is 1. The van der Waals surface area contributed by atoms with E-state index in [2.05, 4.69) is 22.7 Å². The third kappa shape index (κ3) is 2.33. The lowest BCUT2D eigenvalue weighted by Gasteiger charge is -2.34. The molecular formula is C14H18N4O. The van der Waals surface area contributed by atoms with Crippen molar-refractivity contribution in [3.05, 3.63) is 36.2 Å². The first kappa shape index (κ1) is 12.2. The molecule has 5 nitrogen and oxygen atoms in total. The van der Waals surface area contributed by atoms with Gasteiger partial charge in [0.25, 0.3) is 5.91 Å². The van der Waals surface area contributed by atoms with Crippen molar-refractivity contribution >= 4 is 11.4 Å². The average Bonchev–Trinajstić information content (AvgIpc) is 2.83. The Labute approximate surface area is 112 Å². The van der Waals surface area contributed by atoms with E-state index in [1.807, 2.05) is 24.4 Å². The molecule has 1 saturated heterocycles. The lowest BCUT2D eigenvalue weighted by molar-refractivity contribution is 0.0889. The third-order valence-corrected chi connectivity index (χ3v) is 3.79. The van der Waals surface area contributed by atoms with Gasteiger partial charge >= 0.3 is 0 Å². The van der Waals surface area contributed by atoms with E-state index in [1.165, 1.54) is 0 Å². The highest BCUT2D eigenvalue weighted by atomic mass is 16.1. The molecule has 1 aliphatic rings. The smallest absolute Gasteiger partial charge is 0.255 e. The molecule has 0 atom stereocenters. The molecule has 3 rings (SSSR count). The van der Waals surface area contributed by atoms with Gasteiger partial charge in [-0.1, -0.05) is 6.07 Å². The largest absolute Gasteiger partial charge is 0.347 e. The van der Waals surface area contributed by atoms with Crippen LogP contribution in [0.1, 0.15) is 30.1 Å². The van der Waals surface area contributed by atoms with Crippen LogP contribution in [0.3, 0.4) is 0 Å². The van der Waals surface area contributed by atoms with E-state index in [-0.39, 0.29) is 11.4 Å². The number of amides is 1. The van der Waals surface area contributed by atoms with Crippen molar-refractivity contribution in [2.24, 2.45) is 0 Å². The second-order valence-corrected chi connectivity index (χ2v) is 5.35. The molecular weight excluding hydrogens is 240 g/mol. The fourth-order valence-corrected chi connectivity index (χ4v) is 2.55. The molecule has 0 bridgehead atoms. The second-order valence-electron chi connectivity index (χ2n) is 5.35. The van der Waals surface area contributed by atoms with Crippen LogP contribution in [-0.2, 0) is 0 Å². The Kier molecular flexibility index (Phi) is 2.98. The molecule has 19 heavy (non-hydrogen) atoms. The van der Waals surface area contributed by atoms with E-state index in [9.17, 15) is 4.79 Å². The summed E-state index contributed by atoms with van der Waals surface area (Å²) in [5, 5.41) is 10.7. The van der Waals surface area contributed by atoms with E-state index in [0.717, 1.165) is 31.4 Å². The highest BCUT2D eigenvalue weighted by Gasteiger charge is 2.29. The number of rotatable bonds is 2. The van der Waals surface area contributed by atoms with Crippen LogP contribution in [0, 0.1) is 0 Å². The normalized spacial score (nSPS) is 18.4. The van der Waals surface area contributed by atoms with Crippen LogP contribution < -0.4 is 10.6 Å². The van der Waals surface area contributed by atoms with Crippen molar-refractivity contribution in [1.82, 2.24) is 20.2 Å². The molecule has 0 aliphatic carbocycles. The van der Waals surface area contributed by atoms with Crippen molar-refractivity contribution in [3.8, 4) is 0 Å². The van der Waals surface area contributed by atoms with Crippen LogP contribution in [0.5, 0.6) is 0 Å². The minimum Gasteiger partial charge on any atom is -0.347 e. The minimum absolute atomic E-state index is 0.0365. The predicted octanol–water partition coefficient (Wildman–Crippen LogP) is 1.21. The molecule has 0 radical (unpaired) electrons. The molecule has 0 aromatic carbocycles. The summed E-state index contributed by atoms with van der Waals surface area (Å²) in [4.78, 5) is 12.4. The first-order valence-electron chi connectivity index (χ1n) is 6.64. The van der Waals surface area contributed by atoms with Gasteiger partial charge in [-0.25, -0.2) is 4.52 Å². The van der Waals surface area contributed by atoms with Crippen LogP contribution in [0.15, 0.2) is 30.6 Å². The summed E-state index contributed by atoms with van der Waals surface area (Å²) >= 11 is 0. The summed E-state index contributed by atoms with van der Waals surface area (Å²) in [6, 6.07) is 5.72. The first-order chi connectivity index (χ1) is 9.18. The molecule has 2 aromatic heterocycles. The molecule has 3 heterocycles. The predicted molar refractivity (Wildman–Crippen MR) is 73.2 cm³/mol. The quantitative estimate of drug-likeness (QED) is 0.851. The molecule has 5 heteroatoms. The van der Waals surface area contributed by atoms with Gasteiger partial charge in [-0.3, -0.25) is 4.79 Å². The summed E-state index contributed by atoms with van der Waals surface area (Å²) < 4.78 is 1.72. The summed E-state index contributed by atoms with van der Waals surface area (Å²) in [6.45, 7) is 4.01. The van der Waals surface area contributed by atoms with Crippen molar-refractivity contribution in [2.45, 2.75) is 25.3 Å². The summed E-state index contributed by atoms with van der Waals surface area (Å²) in [5.74, 6) is -0.0365. The van der Waals surface area contributed by atoms with Gasteiger partial charge in [-0.2, -0.15) is 5.10 Å². The zero-order valence-corrected chi connectivity index (χ0v) is 11.0. The van der Waals surface area contributed by atoms with Gasteiger partial charge in [-0.05, 0) is 45.0 Å². The van der Waals surface area contributed by atoms with Crippen LogP contribution in [-0.4, -0.2) is 34.1 Å². The Morgan fingerprint density at radius 1 is 1.42 bits per heavy atom. The number of carbonyl (C=O) groups excluding carboxylic acids is 1. The lowest BCUT2D eigenvalue weighted by Crippen LogP contribution is -2.52. The maximum Gasteiger partial charge on any atom is 0.255 e. The van der Waals surface area contributed by atoms with Gasteiger partial charge in [0.05, 0.1) is 17.3 Å². The Balaban J connectivity index is 1.84. The molecule has 2 N–H and O–H groups in total. The number of pyridine rings is 1. The number of nitrogens with one attached hydrogen (secondary N) is 2. The van der Waals surface area contributed by atoms with Crippen LogP contribution in [0.25, 0.3) is 5.52 Å². The van der Waals surface area contributed by atoms with E-state index < -0.39 is 0 Å². The lowest BCUT2D eigenvalue weighted by atomic mass is 9.90. The molecule has 100 valence electrons. The molecule has 0 saturated carbocycles. The van der Waals surface area contributed by atoms with Gasteiger partial charge in [0.1, 0.15) is 0 Å². The highest BCUT2D eigenvalue weighted by Crippen LogP contribution is 2.19. The van der Waals surface area contributed by atoms with Crippen LogP contribution >= 0.6 is 0 Å². The Bertz CT molecular complexity index is 598. The number of piperidine rings is 1. The van der Waals surface area contributed by atoms with Crippen LogP contribution in [0.2, 0.25) is 0 Å². The van der Waals surface area contributed by atoms with Crippen molar-refractivity contribution in [3.63, 3.8) is 0 Å². The molecule has 1 fully saturated rings. The summed E-state index contributed by atoms with van der Waals surface area (Å²) in [6.07, 6.45) is 5.39. The average molecular weight is 258 g/mol. The van der Waals surface area contributed by atoms with Gasteiger partial charge in [0, 0.05) is 11.7 Å². The van der Waals surface area contributed by atoms with Gasteiger partial charge in [-0.15, -0.1) is 0 Å². The number of hydrogen-bond acceptors (Lipinski definition) is 3. The fraction of sp³-hybridized carbons (Fsp3) is 0.429. The SMILES string of the molecule is CC1(NC(=O)c2cnn3ccccc23)CCNCC1. The number of fused-ring (bicyclic) bond motifs is 1. The summed E-state index contributed by atoms with van der Waals surface area (Å²) in [5.41, 5.74) is 1.36. The molecule has 0 spiro atoms. The van der Waals surface area contributed by atoms with Crippen molar-refractivity contribution in [1.29, 1.82) is 0 Å². The second kappa shape index (κ2) is 4.66. The Morgan fingerprint density at radius 2 is 2.21 bits per heavy atom. The zero-order valence-electron chi connectivity index (χ0n) is 11.0. The van der Waals surface area contributed by atoms with Crippen LogP contribution in [0.4, 0.5) is 0 Å². The monoisotopic (exact) mass is 258 g/mol. The Morgan fingerprint density at radius 3 is 3.00 bits per heavy atom. The minimum atomic E-state index is -0.120. The number of hydrogen-bond donors (Lipinski definition) is 2. The summed E-state index contributed by atoms with van der Waals surface area (Å²) in [7, 11) is 0. The first-order valence-corrected chi connectivity index (χ1v) is 6.64. The van der Waals surface area contributed by atoms with E-state index in [4.69, 9.17) is 0 Å². The zero-order chi connectivity index (χ0) is 13.3. The standard InChI is InChI=1S/C14H18N4O/c1-14(5-7-15-8-6-14)17-13(19)11-10-16-18-9-3-2-4-12(11)18/h2-4,9-10,15H,5-8H2,1H3,(H,17,19). The topological polar surface area (TPSA) is 58.4 Å². The van der Waals surface area contributed by atoms with Gasteiger partial charge in [0.2, 0.25) is 0 Å². The molecule has 2 aromatic rings. The van der Waals surface area contributed by atoms with Gasteiger partial charge in [0.15, 0.2) is 0 Å². The highest BCUT2D eigenvalue weighted by molar-refractivity contribution is 6.00. The third-order valence-electron chi connectivity index (χ3n) is 3.79. The van der Waals surface area contributed by atoms with Gasteiger partial charge < -0.3 is 10.6 Å². The maximum absolute atomic E-state index is 12.4. The molecule has 0 unspecified atom stereocenters.